The van der Waals surface area contributed by atoms with E-state index < -0.39 is 0 Å². The normalized spacial score (nSPS) is 12.2. The van der Waals surface area contributed by atoms with Crippen molar-refractivity contribution in [3.8, 4) is 12.3 Å². The Bertz CT molecular complexity index is 177. The highest BCUT2D eigenvalue weighted by Crippen LogP contribution is 2.04. The highest BCUT2D eigenvalue weighted by atomic mass is 16.5. The van der Waals surface area contributed by atoms with E-state index in [2.05, 4.69) is 5.92 Å². The van der Waals surface area contributed by atoms with Crippen LogP contribution in [0.4, 0.5) is 0 Å². The van der Waals surface area contributed by atoms with Gasteiger partial charge in [0.05, 0.1) is 12.5 Å². The summed E-state index contributed by atoms with van der Waals surface area (Å²) in [5, 5.41) is 0. The molecule has 2 heteroatoms. The topological polar surface area (TPSA) is 26.3 Å². The first-order chi connectivity index (χ1) is 5.57. The van der Waals surface area contributed by atoms with Crippen LogP contribution >= 0.6 is 0 Å². The Morgan fingerprint density at radius 3 is 2.50 bits per heavy atom. The molecule has 0 spiro atoms. The Kier molecular flexibility index (Phi) is 5.19. The molecule has 68 valence electrons. The summed E-state index contributed by atoms with van der Waals surface area (Å²) in [7, 11) is 0. The zero-order valence-corrected chi connectivity index (χ0v) is 7.96. The zero-order chi connectivity index (χ0) is 9.56. The quantitative estimate of drug-likeness (QED) is 0.473. The van der Waals surface area contributed by atoms with E-state index in [1.165, 1.54) is 0 Å². The van der Waals surface area contributed by atoms with E-state index >= 15 is 0 Å². The first-order valence-electron chi connectivity index (χ1n) is 4.18. The van der Waals surface area contributed by atoms with E-state index in [0.717, 1.165) is 0 Å². The van der Waals surface area contributed by atoms with Crippen LogP contribution in [0.15, 0.2) is 0 Å². The zero-order valence-electron chi connectivity index (χ0n) is 7.96. The molecule has 0 saturated heterocycles. The number of hydrogen-bond acceptors (Lipinski definition) is 2. The Hall–Kier alpha value is -0.970. The van der Waals surface area contributed by atoms with Gasteiger partial charge in [0, 0.05) is 6.42 Å². The number of rotatable bonds is 4. The van der Waals surface area contributed by atoms with Crippen molar-refractivity contribution in [2.45, 2.75) is 27.2 Å². The molecule has 0 N–H and O–H groups in total. The van der Waals surface area contributed by atoms with Crippen LogP contribution in [0, 0.1) is 24.2 Å². The minimum atomic E-state index is -0.193. The van der Waals surface area contributed by atoms with Crippen molar-refractivity contribution in [3.05, 3.63) is 0 Å². The van der Waals surface area contributed by atoms with Gasteiger partial charge in [-0.3, -0.25) is 4.79 Å². The van der Waals surface area contributed by atoms with Crippen molar-refractivity contribution in [1.29, 1.82) is 0 Å². The van der Waals surface area contributed by atoms with Crippen LogP contribution in [0.2, 0.25) is 0 Å². The highest BCUT2D eigenvalue weighted by molar-refractivity contribution is 5.72. The molecular weight excluding hydrogens is 152 g/mol. The Morgan fingerprint density at radius 1 is 1.50 bits per heavy atom. The third-order valence-corrected chi connectivity index (χ3v) is 1.39. The van der Waals surface area contributed by atoms with Gasteiger partial charge < -0.3 is 4.74 Å². The molecule has 1 unspecified atom stereocenters. The van der Waals surface area contributed by atoms with Crippen molar-refractivity contribution >= 4 is 5.97 Å². The highest BCUT2D eigenvalue weighted by Gasteiger charge is 2.12. The summed E-state index contributed by atoms with van der Waals surface area (Å²) in [6, 6.07) is 0. The minimum absolute atomic E-state index is 0.172. The van der Waals surface area contributed by atoms with Crippen molar-refractivity contribution in [3.63, 3.8) is 0 Å². The molecule has 0 amide bonds. The van der Waals surface area contributed by atoms with E-state index in [-0.39, 0.29) is 11.9 Å². The van der Waals surface area contributed by atoms with Gasteiger partial charge in [-0.1, -0.05) is 20.8 Å². The second kappa shape index (κ2) is 5.65. The SMILES string of the molecule is C#CCC(C)C(=O)OCC(C)C. The number of carbonyl (C=O) groups is 1. The number of terminal acetylenes is 1. The average Bonchev–Trinajstić information content (AvgIpc) is 2.00. The maximum Gasteiger partial charge on any atom is 0.309 e. The summed E-state index contributed by atoms with van der Waals surface area (Å²) in [5.74, 6) is 2.45. The van der Waals surface area contributed by atoms with Gasteiger partial charge in [-0.05, 0) is 5.92 Å². The second-order valence-electron chi connectivity index (χ2n) is 3.33. The average molecular weight is 168 g/mol. The number of esters is 1. The third kappa shape index (κ3) is 4.79. The van der Waals surface area contributed by atoms with Crippen molar-refractivity contribution < 1.29 is 9.53 Å². The molecule has 0 radical (unpaired) electrons. The van der Waals surface area contributed by atoms with Crippen LogP contribution < -0.4 is 0 Å². The Balaban J connectivity index is 3.66. The summed E-state index contributed by atoms with van der Waals surface area (Å²) in [5.41, 5.74) is 0. The fraction of sp³-hybridized carbons (Fsp3) is 0.700. The fourth-order valence-corrected chi connectivity index (χ4v) is 0.651. The third-order valence-electron chi connectivity index (χ3n) is 1.39. The lowest BCUT2D eigenvalue weighted by Crippen LogP contribution is -2.17. The molecule has 0 aliphatic carbocycles. The van der Waals surface area contributed by atoms with Gasteiger partial charge in [0.1, 0.15) is 0 Å². The molecule has 0 aromatic heterocycles. The van der Waals surface area contributed by atoms with Gasteiger partial charge in [0.2, 0.25) is 0 Å². The van der Waals surface area contributed by atoms with Gasteiger partial charge in [0.25, 0.3) is 0 Å². The molecule has 0 aliphatic heterocycles. The summed E-state index contributed by atoms with van der Waals surface area (Å²) < 4.78 is 4.98. The van der Waals surface area contributed by atoms with E-state index in [1.807, 2.05) is 13.8 Å². The molecular formula is C10H16O2. The smallest absolute Gasteiger partial charge is 0.309 e. The molecule has 0 bridgehead atoms. The lowest BCUT2D eigenvalue weighted by atomic mass is 10.1. The second-order valence-corrected chi connectivity index (χ2v) is 3.33. The number of carbonyl (C=O) groups excluding carboxylic acids is 1. The van der Waals surface area contributed by atoms with Crippen LogP contribution in [0.3, 0.4) is 0 Å². The molecule has 1 atom stereocenters. The number of ether oxygens (including phenoxy) is 1. The first kappa shape index (κ1) is 11.0. The van der Waals surface area contributed by atoms with E-state index in [0.29, 0.717) is 18.9 Å². The van der Waals surface area contributed by atoms with Crippen LogP contribution in [0.25, 0.3) is 0 Å². The predicted molar refractivity (Wildman–Crippen MR) is 48.4 cm³/mol. The number of hydrogen-bond donors (Lipinski definition) is 0. The van der Waals surface area contributed by atoms with E-state index in [4.69, 9.17) is 11.2 Å². The fourth-order valence-electron chi connectivity index (χ4n) is 0.651. The molecule has 2 nitrogen and oxygen atoms in total. The van der Waals surface area contributed by atoms with Crippen LogP contribution in [-0.2, 0) is 9.53 Å². The molecule has 0 saturated carbocycles. The van der Waals surface area contributed by atoms with Gasteiger partial charge in [-0.25, -0.2) is 0 Å². The Morgan fingerprint density at radius 2 is 2.08 bits per heavy atom. The van der Waals surface area contributed by atoms with Gasteiger partial charge in [-0.15, -0.1) is 12.3 Å². The maximum atomic E-state index is 11.1. The standard InChI is InChI=1S/C10H16O2/c1-5-6-9(4)10(11)12-7-8(2)3/h1,8-9H,6-7H2,2-4H3. The summed E-state index contributed by atoms with van der Waals surface area (Å²) in [6.45, 7) is 6.26. The van der Waals surface area contributed by atoms with E-state index in [1.54, 1.807) is 6.92 Å². The summed E-state index contributed by atoms with van der Waals surface area (Å²) >= 11 is 0. The lowest BCUT2D eigenvalue weighted by molar-refractivity contribution is -0.148. The van der Waals surface area contributed by atoms with Crippen molar-refractivity contribution in [1.82, 2.24) is 0 Å². The summed E-state index contributed by atoms with van der Waals surface area (Å²) in [4.78, 5) is 11.1. The van der Waals surface area contributed by atoms with Crippen LogP contribution in [0.1, 0.15) is 27.2 Å². The summed E-state index contributed by atoms with van der Waals surface area (Å²) in [6.07, 6.45) is 5.52. The predicted octanol–water partition coefficient (Wildman–Crippen LogP) is 1.84. The van der Waals surface area contributed by atoms with Crippen molar-refractivity contribution in [2.24, 2.45) is 11.8 Å². The molecule has 0 aromatic carbocycles. The molecule has 0 heterocycles. The largest absolute Gasteiger partial charge is 0.465 e. The van der Waals surface area contributed by atoms with Gasteiger partial charge in [0.15, 0.2) is 0 Å². The first-order valence-corrected chi connectivity index (χ1v) is 4.18. The maximum absolute atomic E-state index is 11.1. The van der Waals surface area contributed by atoms with Gasteiger partial charge >= 0.3 is 5.97 Å². The molecule has 0 fully saturated rings. The van der Waals surface area contributed by atoms with Crippen LogP contribution in [-0.4, -0.2) is 12.6 Å². The minimum Gasteiger partial charge on any atom is -0.465 e. The molecule has 0 aliphatic rings. The molecule has 0 aromatic rings. The van der Waals surface area contributed by atoms with Crippen LogP contribution in [0.5, 0.6) is 0 Å². The van der Waals surface area contributed by atoms with Crippen molar-refractivity contribution in [2.75, 3.05) is 6.61 Å². The lowest BCUT2D eigenvalue weighted by Gasteiger charge is -2.10. The van der Waals surface area contributed by atoms with Gasteiger partial charge in [-0.2, -0.15) is 0 Å². The monoisotopic (exact) mass is 168 g/mol. The molecule has 0 rings (SSSR count). The molecule has 12 heavy (non-hydrogen) atoms. The van der Waals surface area contributed by atoms with E-state index in [9.17, 15) is 4.79 Å². The Labute approximate surface area is 74.3 Å².